The van der Waals surface area contributed by atoms with Crippen LogP contribution in [0.25, 0.3) is 0 Å². The van der Waals surface area contributed by atoms with Gasteiger partial charge < -0.3 is 10.2 Å². The van der Waals surface area contributed by atoms with Gasteiger partial charge in [-0.3, -0.25) is 14.5 Å². The first-order valence-corrected chi connectivity index (χ1v) is 11.3. The van der Waals surface area contributed by atoms with Crippen molar-refractivity contribution in [3.63, 3.8) is 0 Å². The molecule has 2 amide bonds. The van der Waals surface area contributed by atoms with Crippen LogP contribution in [0.15, 0.2) is 41.8 Å². The SMILES string of the molecule is CC(C)C(NC(=O)c1cccs1)C(=O)N1CCN(C(C)c2ccccc2Cl)CC1. The molecule has 0 saturated carbocycles. The lowest BCUT2D eigenvalue weighted by Crippen LogP contribution is -2.56. The Morgan fingerprint density at radius 1 is 1.03 bits per heavy atom. The Morgan fingerprint density at radius 2 is 1.72 bits per heavy atom. The Labute approximate surface area is 181 Å². The van der Waals surface area contributed by atoms with Gasteiger partial charge >= 0.3 is 0 Å². The van der Waals surface area contributed by atoms with Gasteiger partial charge in [0.05, 0.1) is 4.88 Å². The molecule has 7 heteroatoms. The number of hydrogen-bond acceptors (Lipinski definition) is 4. The van der Waals surface area contributed by atoms with Crippen molar-refractivity contribution in [2.75, 3.05) is 26.2 Å². The summed E-state index contributed by atoms with van der Waals surface area (Å²) < 4.78 is 0. The highest BCUT2D eigenvalue weighted by molar-refractivity contribution is 7.12. The molecule has 156 valence electrons. The number of nitrogens with zero attached hydrogens (tertiary/aromatic N) is 2. The minimum atomic E-state index is -0.517. The zero-order chi connectivity index (χ0) is 21.0. The van der Waals surface area contributed by atoms with Crippen molar-refractivity contribution >= 4 is 34.8 Å². The molecular weight excluding hydrogens is 406 g/mol. The fourth-order valence-electron chi connectivity index (χ4n) is 3.67. The molecule has 0 radical (unpaired) electrons. The van der Waals surface area contributed by atoms with Crippen LogP contribution in [-0.4, -0.2) is 53.8 Å². The molecule has 1 N–H and O–H groups in total. The van der Waals surface area contributed by atoms with Crippen molar-refractivity contribution in [1.29, 1.82) is 0 Å². The lowest BCUT2D eigenvalue weighted by molar-refractivity contribution is -0.136. The Kier molecular flexibility index (Phi) is 7.33. The van der Waals surface area contributed by atoms with E-state index < -0.39 is 6.04 Å². The van der Waals surface area contributed by atoms with Crippen LogP contribution in [0.4, 0.5) is 0 Å². The average molecular weight is 434 g/mol. The van der Waals surface area contributed by atoms with E-state index in [1.165, 1.54) is 11.3 Å². The minimum absolute atomic E-state index is 0.00467. The quantitative estimate of drug-likeness (QED) is 0.747. The molecule has 1 fully saturated rings. The third-order valence-electron chi connectivity index (χ3n) is 5.49. The normalized spacial score (nSPS) is 17.2. The zero-order valence-electron chi connectivity index (χ0n) is 17.1. The molecule has 1 aromatic heterocycles. The van der Waals surface area contributed by atoms with Crippen molar-refractivity contribution in [1.82, 2.24) is 15.1 Å². The summed E-state index contributed by atoms with van der Waals surface area (Å²) in [5.74, 6) is -0.167. The van der Waals surface area contributed by atoms with Crippen molar-refractivity contribution < 1.29 is 9.59 Å². The Hall–Kier alpha value is -1.89. The Balaban J connectivity index is 1.60. The molecule has 2 heterocycles. The summed E-state index contributed by atoms with van der Waals surface area (Å²) in [5.41, 5.74) is 1.11. The zero-order valence-corrected chi connectivity index (χ0v) is 18.7. The van der Waals surface area contributed by atoms with E-state index in [1.807, 2.05) is 48.4 Å². The largest absolute Gasteiger partial charge is 0.339 e. The monoisotopic (exact) mass is 433 g/mol. The van der Waals surface area contributed by atoms with Gasteiger partial charge in [-0.15, -0.1) is 11.3 Å². The molecular formula is C22H28ClN3O2S. The van der Waals surface area contributed by atoms with Gasteiger partial charge in [0.1, 0.15) is 6.04 Å². The van der Waals surface area contributed by atoms with E-state index in [-0.39, 0.29) is 23.8 Å². The molecule has 29 heavy (non-hydrogen) atoms. The van der Waals surface area contributed by atoms with Crippen molar-refractivity contribution in [2.24, 2.45) is 5.92 Å². The van der Waals surface area contributed by atoms with Gasteiger partial charge in [-0.05, 0) is 35.9 Å². The first-order chi connectivity index (χ1) is 13.9. The summed E-state index contributed by atoms with van der Waals surface area (Å²) >= 11 is 7.73. The molecule has 2 atom stereocenters. The van der Waals surface area contributed by atoms with E-state index in [2.05, 4.69) is 23.2 Å². The number of benzene rings is 1. The van der Waals surface area contributed by atoms with E-state index in [0.717, 1.165) is 23.7 Å². The van der Waals surface area contributed by atoms with Gasteiger partial charge in [0.25, 0.3) is 5.91 Å². The smallest absolute Gasteiger partial charge is 0.262 e. The number of halogens is 1. The standard InChI is InChI=1S/C22H28ClN3O2S/c1-15(2)20(24-21(27)19-9-6-14-29-19)22(28)26-12-10-25(11-13-26)16(3)17-7-4-5-8-18(17)23/h4-9,14-16,20H,10-13H2,1-3H3,(H,24,27). The topological polar surface area (TPSA) is 52.7 Å². The maximum atomic E-state index is 13.1. The maximum absolute atomic E-state index is 13.1. The maximum Gasteiger partial charge on any atom is 0.262 e. The molecule has 5 nitrogen and oxygen atoms in total. The van der Waals surface area contributed by atoms with Crippen LogP contribution < -0.4 is 5.32 Å². The molecule has 0 aliphatic carbocycles. The number of piperazine rings is 1. The number of hydrogen-bond donors (Lipinski definition) is 1. The van der Waals surface area contributed by atoms with E-state index in [1.54, 1.807) is 6.07 Å². The second-order valence-electron chi connectivity index (χ2n) is 7.73. The molecule has 1 aliphatic heterocycles. The van der Waals surface area contributed by atoms with Gasteiger partial charge in [0, 0.05) is 37.2 Å². The molecule has 1 saturated heterocycles. The summed E-state index contributed by atoms with van der Waals surface area (Å²) in [7, 11) is 0. The number of carbonyl (C=O) groups is 2. The fourth-order valence-corrected chi connectivity index (χ4v) is 4.59. The van der Waals surface area contributed by atoms with Crippen LogP contribution in [0, 0.1) is 5.92 Å². The van der Waals surface area contributed by atoms with Crippen LogP contribution in [0.5, 0.6) is 0 Å². The Morgan fingerprint density at radius 3 is 2.31 bits per heavy atom. The number of nitrogens with one attached hydrogen (secondary N) is 1. The second-order valence-corrected chi connectivity index (χ2v) is 9.09. The highest BCUT2D eigenvalue weighted by atomic mass is 35.5. The molecule has 0 spiro atoms. The summed E-state index contributed by atoms with van der Waals surface area (Å²) in [6.45, 7) is 8.93. The summed E-state index contributed by atoms with van der Waals surface area (Å²) in [4.78, 5) is 30.4. The summed E-state index contributed by atoms with van der Waals surface area (Å²) in [6, 6.07) is 11.2. The predicted octanol–water partition coefficient (Wildman–Crippen LogP) is 4.06. The van der Waals surface area contributed by atoms with Crippen LogP contribution in [-0.2, 0) is 4.79 Å². The summed E-state index contributed by atoms with van der Waals surface area (Å²) in [6.07, 6.45) is 0. The number of carbonyl (C=O) groups excluding carboxylic acids is 2. The van der Waals surface area contributed by atoms with E-state index in [0.29, 0.717) is 18.0 Å². The van der Waals surface area contributed by atoms with E-state index in [9.17, 15) is 9.59 Å². The number of amides is 2. The summed E-state index contributed by atoms with van der Waals surface area (Å²) in [5, 5.41) is 5.57. The van der Waals surface area contributed by atoms with Gasteiger partial charge in [0.15, 0.2) is 0 Å². The molecule has 1 aromatic carbocycles. The van der Waals surface area contributed by atoms with Gasteiger partial charge in [-0.25, -0.2) is 0 Å². The van der Waals surface area contributed by atoms with Crippen LogP contribution in [0.1, 0.15) is 42.0 Å². The lowest BCUT2D eigenvalue weighted by Gasteiger charge is -2.40. The number of rotatable bonds is 6. The average Bonchev–Trinajstić information content (AvgIpc) is 3.26. The molecule has 3 rings (SSSR count). The first-order valence-electron chi connectivity index (χ1n) is 10.00. The molecule has 2 aromatic rings. The molecule has 0 bridgehead atoms. The van der Waals surface area contributed by atoms with Crippen molar-refractivity contribution in [3.8, 4) is 0 Å². The molecule has 1 aliphatic rings. The lowest BCUT2D eigenvalue weighted by atomic mass is 10.0. The van der Waals surface area contributed by atoms with Crippen LogP contribution in [0.2, 0.25) is 5.02 Å². The predicted molar refractivity (Wildman–Crippen MR) is 118 cm³/mol. The van der Waals surface area contributed by atoms with E-state index >= 15 is 0 Å². The van der Waals surface area contributed by atoms with Crippen molar-refractivity contribution in [3.05, 3.63) is 57.2 Å². The second kappa shape index (κ2) is 9.74. The van der Waals surface area contributed by atoms with Crippen molar-refractivity contribution in [2.45, 2.75) is 32.9 Å². The Bertz CT molecular complexity index is 832. The fraction of sp³-hybridized carbons (Fsp3) is 0.455. The van der Waals surface area contributed by atoms with Crippen LogP contribution in [0.3, 0.4) is 0 Å². The van der Waals surface area contributed by atoms with Crippen LogP contribution >= 0.6 is 22.9 Å². The third-order valence-corrected chi connectivity index (χ3v) is 6.71. The minimum Gasteiger partial charge on any atom is -0.339 e. The van der Waals surface area contributed by atoms with Gasteiger partial charge in [-0.2, -0.15) is 0 Å². The first kappa shape index (κ1) is 21.8. The van der Waals surface area contributed by atoms with E-state index in [4.69, 9.17) is 11.6 Å². The highest BCUT2D eigenvalue weighted by Crippen LogP contribution is 2.28. The molecule has 2 unspecified atom stereocenters. The number of thiophene rings is 1. The third kappa shape index (κ3) is 5.18. The highest BCUT2D eigenvalue weighted by Gasteiger charge is 2.32. The van der Waals surface area contributed by atoms with Gasteiger partial charge in [0.2, 0.25) is 5.91 Å². The van der Waals surface area contributed by atoms with Gasteiger partial charge in [-0.1, -0.05) is 49.7 Å².